The van der Waals surface area contributed by atoms with Gasteiger partial charge in [-0.15, -0.1) is 0 Å². The van der Waals surface area contributed by atoms with Crippen LogP contribution in [0.1, 0.15) is 16.1 Å². The van der Waals surface area contributed by atoms with Crippen LogP contribution in [0.2, 0.25) is 0 Å². The van der Waals surface area contributed by atoms with Crippen LogP contribution in [0.5, 0.6) is 5.75 Å². The van der Waals surface area contributed by atoms with Crippen LogP contribution >= 0.6 is 0 Å². The Bertz CT molecular complexity index is 1120. The molecular formula is C22H21N5O2. The Kier molecular flexibility index (Phi) is 5.38. The molecule has 0 fully saturated rings. The van der Waals surface area contributed by atoms with Crippen molar-refractivity contribution in [1.82, 2.24) is 15.0 Å². The van der Waals surface area contributed by atoms with E-state index in [1.54, 1.807) is 37.4 Å². The molecule has 7 heteroatoms. The number of para-hydroxylation sites is 1. The Morgan fingerprint density at radius 3 is 2.76 bits per heavy atom. The smallest absolute Gasteiger partial charge is 0.274 e. The molecule has 0 saturated carbocycles. The average molecular weight is 387 g/mol. The van der Waals surface area contributed by atoms with Crippen LogP contribution in [-0.2, 0) is 6.42 Å². The van der Waals surface area contributed by atoms with E-state index in [-0.39, 0.29) is 5.91 Å². The summed E-state index contributed by atoms with van der Waals surface area (Å²) in [6.07, 6.45) is 4.25. The number of rotatable bonds is 7. The summed E-state index contributed by atoms with van der Waals surface area (Å²) in [6, 6.07) is 17.0. The number of aromatic nitrogens is 3. The van der Waals surface area contributed by atoms with Crippen molar-refractivity contribution in [2.24, 2.45) is 0 Å². The van der Waals surface area contributed by atoms with Gasteiger partial charge in [0.25, 0.3) is 5.91 Å². The summed E-state index contributed by atoms with van der Waals surface area (Å²) in [6.45, 7) is 0.693. The van der Waals surface area contributed by atoms with Crippen molar-refractivity contribution < 1.29 is 9.53 Å². The summed E-state index contributed by atoms with van der Waals surface area (Å²) < 4.78 is 5.12. The summed E-state index contributed by atoms with van der Waals surface area (Å²) in [7, 11) is 1.60. The minimum Gasteiger partial charge on any atom is -0.497 e. The van der Waals surface area contributed by atoms with E-state index < -0.39 is 0 Å². The number of H-pyrrole nitrogens is 1. The second-order valence-electron chi connectivity index (χ2n) is 6.51. The lowest BCUT2D eigenvalue weighted by Crippen LogP contribution is -2.15. The number of carbonyl (C=O) groups excluding carboxylic acids is 1. The number of ether oxygens (including phenoxy) is 1. The number of hydrogen-bond acceptors (Lipinski definition) is 5. The number of fused-ring (bicyclic) bond motifs is 1. The number of anilines is 2. The maximum Gasteiger partial charge on any atom is 0.274 e. The van der Waals surface area contributed by atoms with Gasteiger partial charge in [0.1, 0.15) is 23.6 Å². The van der Waals surface area contributed by atoms with E-state index in [4.69, 9.17) is 4.74 Å². The molecule has 1 amide bonds. The van der Waals surface area contributed by atoms with Gasteiger partial charge in [0, 0.05) is 35.4 Å². The molecule has 0 saturated heterocycles. The van der Waals surface area contributed by atoms with Crippen molar-refractivity contribution in [2.45, 2.75) is 6.42 Å². The fraction of sp³-hybridized carbons (Fsp3) is 0.136. The normalized spacial score (nSPS) is 10.7. The Morgan fingerprint density at radius 2 is 1.93 bits per heavy atom. The van der Waals surface area contributed by atoms with E-state index >= 15 is 0 Å². The van der Waals surface area contributed by atoms with E-state index in [1.807, 2.05) is 18.3 Å². The molecule has 146 valence electrons. The molecule has 0 aliphatic heterocycles. The predicted molar refractivity (Wildman–Crippen MR) is 113 cm³/mol. The quantitative estimate of drug-likeness (QED) is 0.448. The molecule has 0 aliphatic carbocycles. The van der Waals surface area contributed by atoms with Gasteiger partial charge in [-0.1, -0.05) is 18.2 Å². The van der Waals surface area contributed by atoms with Crippen LogP contribution in [-0.4, -0.2) is 34.5 Å². The molecule has 2 aromatic carbocycles. The van der Waals surface area contributed by atoms with Crippen molar-refractivity contribution >= 4 is 28.3 Å². The summed E-state index contributed by atoms with van der Waals surface area (Å²) in [5.74, 6) is 1.05. The van der Waals surface area contributed by atoms with E-state index in [2.05, 4.69) is 37.7 Å². The fourth-order valence-corrected chi connectivity index (χ4v) is 3.11. The minimum absolute atomic E-state index is 0.294. The predicted octanol–water partition coefficient (Wildman–Crippen LogP) is 3.87. The maximum atomic E-state index is 12.5. The largest absolute Gasteiger partial charge is 0.497 e. The highest BCUT2D eigenvalue weighted by atomic mass is 16.5. The average Bonchev–Trinajstić information content (AvgIpc) is 3.18. The van der Waals surface area contributed by atoms with Gasteiger partial charge in [-0.05, 0) is 42.3 Å². The molecule has 7 nitrogen and oxygen atoms in total. The van der Waals surface area contributed by atoms with Gasteiger partial charge in [-0.3, -0.25) is 4.79 Å². The van der Waals surface area contributed by atoms with Crippen molar-refractivity contribution in [3.63, 3.8) is 0 Å². The lowest BCUT2D eigenvalue weighted by atomic mass is 10.1. The number of aromatic amines is 1. The number of hydrogen-bond donors (Lipinski definition) is 3. The van der Waals surface area contributed by atoms with Crippen LogP contribution in [0.25, 0.3) is 10.9 Å². The number of nitrogens with one attached hydrogen (secondary N) is 3. The Balaban J connectivity index is 1.37. The van der Waals surface area contributed by atoms with Gasteiger partial charge in [-0.2, -0.15) is 0 Å². The van der Waals surface area contributed by atoms with Gasteiger partial charge in [0.15, 0.2) is 0 Å². The van der Waals surface area contributed by atoms with Crippen LogP contribution < -0.4 is 15.4 Å². The summed E-state index contributed by atoms with van der Waals surface area (Å²) in [5, 5.41) is 7.30. The molecule has 4 aromatic rings. The van der Waals surface area contributed by atoms with Crippen molar-refractivity contribution in [1.29, 1.82) is 0 Å². The third-order valence-corrected chi connectivity index (χ3v) is 4.62. The van der Waals surface area contributed by atoms with E-state index in [0.717, 1.165) is 17.7 Å². The molecule has 0 aliphatic rings. The molecule has 4 rings (SSSR count). The first-order valence-electron chi connectivity index (χ1n) is 9.29. The van der Waals surface area contributed by atoms with E-state index in [0.29, 0.717) is 23.7 Å². The zero-order chi connectivity index (χ0) is 20.1. The fourth-order valence-electron chi connectivity index (χ4n) is 3.11. The second-order valence-corrected chi connectivity index (χ2v) is 6.51. The summed E-state index contributed by atoms with van der Waals surface area (Å²) in [4.78, 5) is 24.0. The van der Waals surface area contributed by atoms with E-state index in [1.165, 1.54) is 17.3 Å². The Morgan fingerprint density at radius 1 is 1.10 bits per heavy atom. The first kappa shape index (κ1) is 18.5. The highest BCUT2D eigenvalue weighted by Gasteiger charge is 2.10. The number of methoxy groups -OCH3 is 1. The van der Waals surface area contributed by atoms with Gasteiger partial charge in [0.2, 0.25) is 0 Å². The van der Waals surface area contributed by atoms with Crippen molar-refractivity contribution in [3.8, 4) is 5.75 Å². The van der Waals surface area contributed by atoms with Gasteiger partial charge >= 0.3 is 0 Å². The molecule has 2 heterocycles. The van der Waals surface area contributed by atoms with Gasteiger partial charge in [-0.25, -0.2) is 9.97 Å². The molecular weight excluding hydrogens is 366 g/mol. The first-order valence-corrected chi connectivity index (χ1v) is 9.29. The number of carbonyl (C=O) groups is 1. The van der Waals surface area contributed by atoms with E-state index in [9.17, 15) is 4.79 Å². The van der Waals surface area contributed by atoms with Gasteiger partial charge in [0.05, 0.1) is 7.11 Å². The summed E-state index contributed by atoms with van der Waals surface area (Å²) in [5.41, 5.74) is 3.33. The second kappa shape index (κ2) is 8.43. The number of nitrogens with zero attached hydrogens (tertiary/aromatic N) is 2. The number of benzene rings is 2. The van der Waals surface area contributed by atoms with Crippen LogP contribution in [0.15, 0.2) is 67.1 Å². The molecule has 29 heavy (non-hydrogen) atoms. The zero-order valence-electron chi connectivity index (χ0n) is 16.0. The summed E-state index contributed by atoms with van der Waals surface area (Å²) >= 11 is 0. The SMILES string of the molecule is COc1ccc(NC(=O)c2cc(NCCc3c[nH]c4ccccc34)ncn2)cc1. The van der Waals surface area contributed by atoms with Crippen molar-refractivity contribution in [2.75, 3.05) is 24.3 Å². The lowest BCUT2D eigenvalue weighted by Gasteiger charge is -2.08. The van der Waals surface area contributed by atoms with Gasteiger partial charge < -0.3 is 20.4 Å². The first-order chi connectivity index (χ1) is 14.2. The molecule has 0 unspecified atom stereocenters. The minimum atomic E-state index is -0.294. The molecule has 2 aromatic heterocycles. The molecule has 0 radical (unpaired) electrons. The molecule has 0 spiro atoms. The Hall–Kier alpha value is -3.87. The standard InChI is InChI=1S/C22H21N5O2/c1-29-17-8-6-16(7-9-17)27-22(28)20-12-21(26-14-25-20)23-11-10-15-13-24-19-5-3-2-4-18(15)19/h2-9,12-14,24H,10-11H2,1H3,(H,27,28)(H,23,25,26). The molecule has 3 N–H and O–H groups in total. The Labute approximate surface area is 168 Å². The number of amides is 1. The highest BCUT2D eigenvalue weighted by Crippen LogP contribution is 2.18. The highest BCUT2D eigenvalue weighted by molar-refractivity contribution is 6.03. The third kappa shape index (κ3) is 4.35. The molecule has 0 atom stereocenters. The van der Waals surface area contributed by atoms with Crippen LogP contribution in [0, 0.1) is 0 Å². The molecule has 0 bridgehead atoms. The monoisotopic (exact) mass is 387 g/mol. The van der Waals surface area contributed by atoms with Crippen LogP contribution in [0.3, 0.4) is 0 Å². The topological polar surface area (TPSA) is 91.9 Å². The third-order valence-electron chi connectivity index (χ3n) is 4.62. The maximum absolute atomic E-state index is 12.5. The lowest BCUT2D eigenvalue weighted by molar-refractivity contribution is 0.102. The zero-order valence-corrected chi connectivity index (χ0v) is 16.0. The van der Waals surface area contributed by atoms with Crippen LogP contribution in [0.4, 0.5) is 11.5 Å². The van der Waals surface area contributed by atoms with Crippen molar-refractivity contribution in [3.05, 3.63) is 78.4 Å².